The molecular formula is C19H18ClN3O2. The monoisotopic (exact) mass is 355 g/mol. The van der Waals surface area contributed by atoms with Gasteiger partial charge in [0.25, 0.3) is 0 Å². The maximum atomic E-state index is 11.0. The van der Waals surface area contributed by atoms with Crippen molar-refractivity contribution in [2.45, 2.75) is 31.6 Å². The van der Waals surface area contributed by atoms with Crippen LogP contribution in [0.1, 0.15) is 25.5 Å². The van der Waals surface area contributed by atoms with Crippen molar-refractivity contribution >= 4 is 11.6 Å². The topological polar surface area (TPSA) is 60.2 Å². The molecule has 1 aliphatic heterocycles. The predicted molar refractivity (Wildman–Crippen MR) is 95.8 cm³/mol. The lowest BCUT2D eigenvalue weighted by atomic mass is 9.87. The van der Waals surface area contributed by atoms with Crippen LogP contribution in [-0.2, 0) is 0 Å². The molecule has 0 radical (unpaired) electrons. The number of hydrogen-bond donors (Lipinski definition) is 1. The highest BCUT2D eigenvalue weighted by Crippen LogP contribution is 2.42. The zero-order valence-electron chi connectivity index (χ0n) is 13.9. The first kappa shape index (κ1) is 16.1. The van der Waals surface area contributed by atoms with Crippen molar-refractivity contribution in [3.05, 3.63) is 65.7 Å². The molecule has 6 heteroatoms. The van der Waals surface area contributed by atoms with Gasteiger partial charge in [0.1, 0.15) is 23.3 Å². The van der Waals surface area contributed by atoms with E-state index in [1.807, 2.05) is 54.9 Å². The van der Waals surface area contributed by atoms with Crippen molar-refractivity contribution in [2.24, 2.45) is 0 Å². The maximum absolute atomic E-state index is 11.0. The summed E-state index contributed by atoms with van der Waals surface area (Å²) in [5.41, 5.74) is 1.03. The standard InChI is InChI=1S/C19H18ClN3O2/c1-19(2)17(24)16(14-11-21-8-7-15(14)25-19)23-10-9-22-18(23)12-3-5-13(20)6-4-12/h3-11,16-17,24H,1-2H3/t16-,17+/m1/s1. The minimum absolute atomic E-state index is 0.347. The largest absolute Gasteiger partial charge is 0.485 e. The highest BCUT2D eigenvalue weighted by molar-refractivity contribution is 6.30. The fourth-order valence-electron chi connectivity index (χ4n) is 3.27. The molecule has 1 N–H and O–H groups in total. The fraction of sp³-hybridized carbons (Fsp3) is 0.263. The summed E-state index contributed by atoms with van der Waals surface area (Å²) in [4.78, 5) is 8.71. The molecule has 0 fully saturated rings. The molecule has 25 heavy (non-hydrogen) atoms. The number of nitrogens with zero attached hydrogens (tertiary/aromatic N) is 3. The Morgan fingerprint density at radius 3 is 2.68 bits per heavy atom. The third kappa shape index (κ3) is 2.69. The van der Waals surface area contributed by atoms with Gasteiger partial charge in [-0.05, 0) is 44.2 Å². The lowest BCUT2D eigenvalue weighted by Gasteiger charge is -2.42. The first-order valence-electron chi connectivity index (χ1n) is 8.07. The number of benzene rings is 1. The first-order chi connectivity index (χ1) is 12.0. The molecule has 2 atom stereocenters. The van der Waals surface area contributed by atoms with Crippen LogP contribution in [0.5, 0.6) is 5.75 Å². The number of aliphatic hydroxyl groups excluding tert-OH is 1. The summed E-state index contributed by atoms with van der Waals surface area (Å²) in [6.45, 7) is 3.76. The van der Waals surface area contributed by atoms with Crippen molar-refractivity contribution < 1.29 is 9.84 Å². The van der Waals surface area contributed by atoms with Crippen LogP contribution < -0.4 is 4.74 Å². The fourth-order valence-corrected chi connectivity index (χ4v) is 3.39. The summed E-state index contributed by atoms with van der Waals surface area (Å²) in [7, 11) is 0. The third-order valence-electron chi connectivity index (χ3n) is 4.58. The molecule has 128 valence electrons. The van der Waals surface area contributed by atoms with Gasteiger partial charge in [0.2, 0.25) is 0 Å². The van der Waals surface area contributed by atoms with Gasteiger partial charge in [-0.2, -0.15) is 0 Å². The molecule has 0 amide bonds. The molecule has 0 bridgehead atoms. The molecule has 1 aromatic carbocycles. The molecule has 3 aromatic rings. The van der Waals surface area contributed by atoms with E-state index in [1.165, 1.54) is 0 Å². The summed E-state index contributed by atoms with van der Waals surface area (Å²) in [6, 6.07) is 8.98. The summed E-state index contributed by atoms with van der Waals surface area (Å²) >= 11 is 6.00. The van der Waals surface area contributed by atoms with Gasteiger partial charge in [0, 0.05) is 40.9 Å². The van der Waals surface area contributed by atoms with Crippen molar-refractivity contribution in [1.29, 1.82) is 0 Å². The molecule has 0 saturated carbocycles. The van der Waals surface area contributed by atoms with Gasteiger partial charge in [0.15, 0.2) is 0 Å². The van der Waals surface area contributed by atoms with E-state index in [0.29, 0.717) is 5.02 Å². The van der Waals surface area contributed by atoms with Crippen LogP contribution in [-0.4, -0.2) is 31.3 Å². The Morgan fingerprint density at radius 1 is 1.16 bits per heavy atom. The van der Waals surface area contributed by atoms with Crippen LogP contribution >= 0.6 is 11.6 Å². The second-order valence-electron chi connectivity index (χ2n) is 6.67. The minimum atomic E-state index is -0.760. The summed E-state index contributed by atoms with van der Waals surface area (Å²) in [5, 5.41) is 11.7. The molecule has 0 unspecified atom stereocenters. The summed E-state index contributed by atoms with van der Waals surface area (Å²) in [5.74, 6) is 1.49. The van der Waals surface area contributed by atoms with Gasteiger partial charge in [-0.25, -0.2) is 4.98 Å². The summed E-state index contributed by atoms with van der Waals surface area (Å²) in [6.07, 6.45) is 6.27. The Morgan fingerprint density at radius 2 is 1.92 bits per heavy atom. The minimum Gasteiger partial charge on any atom is -0.485 e. The predicted octanol–water partition coefficient (Wildman–Crippen LogP) is 3.72. The molecule has 0 saturated heterocycles. The van der Waals surface area contributed by atoms with Crippen LogP contribution in [0.4, 0.5) is 0 Å². The number of imidazole rings is 1. The normalized spacial score (nSPS) is 21.4. The molecule has 5 nitrogen and oxygen atoms in total. The highest BCUT2D eigenvalue weighted by Gasteiger charge is 2.44. The SMILES string of the molecule is CC1(C)Oc2ccncc2[C@@H](n2ccnc2-c2ccc(Cl)cc2)[C@@H]1O. The smallest absolute Gasteiger partial charge is 0.140 e. The third-order valence-corrected chi connectivity index (χ3v) is 4.84. The van der Waals surface area contributed by atoms with Crippen LogP contribution in [0.15, 0.2) is 55.1 Å². The van der Waals surface area contributed by atoms with Gasteiger partial charge in [-0.3, -0.25) is 4.98 Å². The van der Waals surface area contributed by atoms with Gasteiger partial charge in [-0.15, -0.1) is 0 Å². The first-order valence-corrected chi connectivity index (χ1v) is 8.45. The van der Waals surface area contributed by atoms with Crippen molar-refractivity contribution in [3.63, 3.8) is 0 Å². The van der Waals surface area contributed by atoms with Crippen molar-refractivity contribution in [2.75, 3.05) is 0 Å². The zero-order chi connectivity index (χ0) is 17.6. The van der Waals surface area contributed by atoms with E-state index in [1.54, 1.807) is 18.6 Å². The quantitative estimate of drug-likeness (QED) is 0.761. The Kier molecular flexibility index (Phi) is 3.78. The molecule has 2 aromatic heterocycles. The average Bonchev–Trinajstić information content (AvgIpc) is 3.05. The number of aromatic nitrogens is 3. The van der Waals surface area contributed by atoms with E-state index in [4.69, 9.17) is 16.3 Å². The zero-order valence-corrected chi connectivity index (χ0v) is 14.7. The molecule has 0 spiro atoms. The Hall–Kier alpha value is -2.37. The van der Waals surface area contributed by atoms with Crippen LogP contribution in [0.25, 0.3) is 11.4 Å². The summed E-state index contributed by atoms with van der Waals surface area (Å²) < 4.78 is 7.95. The number of halogens is 1. The van der Waals surface area contributed by atoms with Gasteiger partial charge in [-0.1, -0.05) is 11.6 Å². The molecular weight excluding hydrogens is 338 g/mol. The van der Waals surface area contributed by atoms with Crippen LogP contribution in [0, 0.1) is 0 Å². The number of aliphatic hydroxyl groups is 1. The lowest BCUT2D eigenvalue weighted by molar-refractivity contribution is -0.0635. The van der Waals surface area contributed by atoms with Gasteiger partial charge in [0.05, 0.1) is 6.04 Å². The van der Waals surface area contributed by atoms with E-state index >= 15 is 0 Å². The lowest BCUT2D eigenvalue weighted by Crippen LogP contribution is -2.50. The van der Waals surface area contributed by atoms with E-state index in [0.717, 1.165) is 22.7 Å². The number of rotatable bonds is 2. The Bertz CT molecular complexity index is 905. The maximum Gasteiger partial charge on any atom is 0.140 e. The van der Waals surface area contributed by atoms with Crippen molar-refractivity contribution in [3.8, 4) is 17.1 Å². The van der Waals surface area contributed by atoms with Gasteiger partial charge >= 0.3 is 0 Å². The van der Waals surface area contributed by atoms with E-state index < -0.39 is 11.7 Å². The van der Waals surface area contributed by atoms with Crippen molar-refractivity contribution in [1.82, 2.24) is 14.5 Å². The number of pyridine rings is 1. The Balaban J connectivity index is 1.87. The van der Waals surface area contributed by atoms with Crippen LogP contribution in [0.3, 0.4) is 0 Å². The van der Waals surface area contributed by atoms with E-state index in [2.05, 4.69) is 9.97 Å². The van der Waals surface area contributed by atoms with Gasteiger partial charge < -0.3 is 14.4 Å². The average molecular weight is 356 g/mol. The number of hydrogen-bond acceptors (Lipinski definition) is 4. The molecule has 0 aliphatic carbocycles. The van der Waals surface area contributed by atoms with E-state index in [9.17, 15) is 5.11 Å². The van der Waals surface area contributed by atoms with Crippen LogP contribution in [0.2, 0.25) is 5.02 Å². The second-order valence-corrected chi connectivity index (χ2v) is 7.11. The number of fused-ring (bicyclic) bond motifs is 1. The molecule has 4 rings (SSSR count). The molecule has 1 aliphatic rings. The highest BCUT2D eigenvalue weighted by atomic mass is 35.5. The van der Waals surface area contributed by atoms with E-state index in [-0.39, 0.29) is 6.04 Å². The molecule has 3 heterocycles. The number of ether oxygens (including phenoxy) is 1. The second kappa shape index (κ2) is 5.86. The Labute approximate surface area is 150 Å².